The maximum Gasteiger partial charge on any atom is 0.217 e. The highest BCUT2D eigenvalue weighted by Gasteiger charge is 2.57. The van der Waals surface area contributed by atoms with Crippen LogP contribution in [-0.2, 0) is 57.0 Å². The third-order valence-corrected chi connectivity index (χ3v) is 12.9. The fourth-order valence-electron chi connectivity index (χ4n) is 8.82. The smallest absolute Gasteiger partial charge is 0.217 e. The molecule has 5 aliphatic heterocycles. The van der Waals surface area contributed by atoms with Crippen LogP contribution in [0.5, 0.6) is 0 Å². The second-order valence-electron chi connectivity index (χ2n) is 18.0. The third kappa shape index (κ3) is 14.1. The molecular formula is C40H70N2O31. The molecule has 29 atom stereocenters. The number of carbonyl (C=O) groups is 2. The van der Waals surface area contributed by atoms with E-state index in [4.69, 9.17) is 47.4 Å². The highest BCUT2D eigenvalue weighted by molar-refractivity contribution is 5.73. The number of amides is 2. The van der Waals surface area contributed by atoms with Crippen molar-refractivity contribution in [2.45, 2.75) is 192 Å². The van der Waals surface area contributed by atoms with Crippen molar-refractivity contribution in [3.63, 3.8) is 0 Å². The number of hydrogen-bond acceptors (Lipinski definition) is 31. The maximum atomic E-state index is 12.6. The molecule has 0 saturated carbocycles. The zero-order chi connectivity index (χ0) is 54.3. The number of ether oxygens (including phenoxy) is 10. The van der Waals surface area contributed by atoms with Crippen molar-refractivity contribution in [1.29, 1.82) is 0 Å². The van der Waals surface area contributed by atoms with E-state index in [9.17, 15) is 107 Å². The normalized spacial score (nSPS) is 45.2. The molecule has 0 bridgehead atoms. The molecule has 0 aromatic carbocycles. The summed E-state index contributed by atoms with van der Waals surface area (Å²) >= 11 is 0. The molecular weight excluding hydrogens is 1000 g/mol. The summed E-state index contributed by atoms with van der Waals surface area (Å²) < 4.78 is 57.2. The minimum atomic E-state index is -2.33. The van der Waals surface area contributed by atoms with Crippen LogP contribution in [-0.4, -0.2) is 333 Å². The molecule has 0 unspecified atom stereocenters. The van der Waals surface area contributed by atoms with Gasteiger partial charge in [-0.3, -0.25) is 9.59 Å². The Bertz CT molecular complexity index is 1700. The maximum absolute atomic E-state index is 12.6. The van der Waals surface area contributed by atoms with Crippen molar-refractivity contribution in [3.05, 3.63) is 0 Å². The molecule has 5 saturated heterocycles. The van der Waals surface area contributed by atoms with Gasteiger partial charge in [-0.2, -0.15) is 0 Å². The Morgan fingerprint density at radius 3 is 1.26 bits per heavy atom. The van der Waals surface area contributed by atoms with Gasteiger partial charge in [0, 0.05) is 13.8 Å². The van der Waals surface area contributed by atoms with Crippen LogP contribution in [0.4, 0.5) is 0 Å². The fourth-order valence-corrected chi connectivity index (χ4v) is 8.82. The van der Waals surface area contributed by atoms with Gasteiger partial charge in [-0.05, 0) is 0 Å². The summed E-state index contributed by atoms with van der Waals surface area (Å²) in [4.78, 5) is 25.0. The van der Waals surface area contributed by atoms with E-state index in [0.717, 1.165) is 13.8 Å². The molecule has 0 aromatic rings. The summed E-state index contributed by atoms with van der Waals surface area (Å²) in [6.07, 6.45) is -52.5. The summed E-state index contributed by atoms with van der Waals surface area (Å²) in [5, 5.41) is 205. The van der Waals surface area contributed by atoms with Crippen LogP contribution in [0, 0.1) is 0 Å². The van der Waals surface area contributed by atoms with Crippen LogP contribution < -0.4 is 10.6 Å². The summed E-state index contributed by atoms with van der Waals surface area (Å²) in [5.74, 6) is -1.70. The number of hydrogen-bond donors (Lipinski definition) is 21. The van der Waals surface area contributed by atoms with Crippen LogP contribution in [0.1, 0.15) is 13.8 Å². The van der Waals surface area contributed by atoms with Crippen LogP contribution in [0.25, 0.3) is 0 Å². The second-order valence-corrected chi connectivity index (χ2v) is 18.0. The topological polar surface area (TPSA) is 535 Å². The zero-order valence-electron chi connectivity index (χ0n) is 39.1. The molecule has 5 heterocycles. The average molecular weight is 1070 g/mol. The number of carbonyl (C=O) groups excluding carboxylic acids is 2. The molecule has 0 spiro atoms. The second kappa shape index (κ2) is 27.4. The molecule has 5 rings (SSSR count). The lowest BCUT2D eigenvalue weighted by Gasteiger charge is -2.50. The number of aliphatic hydroxyl groups is 19. The van der Waals surface area contributed by atoms with E-state index in [1.54, 1.807) is 0 Å². The lowest BCUT2D eigenvalue weighted by atomic mass is 9.94. The van der Waals surface area contributed by atoms with Gasteiger partial charge in [0.2, 0.25) is 11.8 Å². The number of aliphatic hydroxyl groups excluding tert-OH is 19. The van der Waals surface area contributed by atoms with Crippen molar-refractivity contribution in [3.8, 4) is 0 Å². The first-order valence-electron chi connectivity index (χ1n) is 23.0. The highest BCUT2D eigenvalue weighted by Crippen LogP contribution is 2.35. The van der Waals surface area contributed by atoms with Crippen LogP contribution in [0.2, 0.25) is 0 Å². The van der Waals surface area contributed by atoms with Crippen LogP contribution in [0.15, 0.2) is 0 Å². The van der Waals surface area contributed by atoms with E-state index >= 15 is 0 Å². The summed E-state index contributed by atoms with van der Waals surface area (Å²) in [5.41, 5.74) is 0. The summed E-state index contributed by atoms with van der Waals surface area (Å²) in [7, 11) is 0. The van der Waals surface area contributed by atoms with Gasteiger partial charge in [0.05, 0.1) is 46.2 Å². The van der Waals surface area contributed by atoms with Crippen LogP contribution >= 0.6 is 0 Å². The van der Waals surface area contributed by atoms with Crippen molar-refractivity contribution in [2.75, 3.05) is 46.2 Å². The highest BCUT2D eigenvalue weighted by atomic mass is 16.8. The molecule has 426 valence electrons. The Morgan fingerprint density at radius 2 is 0.836 bits per heavy atom. The number of rotatable bonds is 22. The molecule has 2 amide bonds. The standard InChI is InChI=1S/C40H70N2O31/c1-10(49)41-19-25(57)33(71-38-29(61)27(59)22(54)14(5-45)65-38)16(7-47)67-36(19)64-9-18-24(56)35(31(63)40(69-18)70-32(13(52)4-44)21(53)12(51)3-43)73-37-20(42-11(2)50)26(58)34(17(8-48)68-37)72-39-30(62)28(60)23(55)15(6-46)66-39/h12-40,43-48,51-63H,3-9H2,1-2H3,(H,41,49)(H,42,50)/t12-,13+,14+,15+,16+,17+,18+,19+,20+,21+,22-,23-,24-,25+,26+,27-,28-,29+,30+,31+,32+,33+,34+,35-,36+,37-,38-,39-,40-/m0/s1. The Hall–Kier alpha value is -2.22. The molecule has 5 aliphatic rings. The predicted molar refractivity (Wildman–Crippen MR) is 225 cm³/mol. The first-order valence-corrected chi connectivity index (χ1v) is 23.0. The van der Waals surface area contributed by atoms with Gasteiger partial charge in [-0.1, -0.05) is 0 Å². The lowest BCUT2D eigenvalue weighted by Crippen LogP contribution is -2.70. The fraction of sp³-hybridized carbons (Fsp3) is 0.950. The van der Waals surface area contributed by atoms with E-state index in [1.165, 1.54) is 0 Å². The molecule has 0 aromatic heterocycles. The van der Waals surface area contributed by atoms with Crippen molar-refractivity contribution in [1.82, 2.24) is 10.6 Å². The van der Waals surface area contributed by atoms with Crippen LogP contribution in [0.3, 0.4) is 0 Å². The van der Waals surface area contributed by atoms with Gasteiger partial charge in [0.15, 0.2) is 31.5 Å². The molecule has 33 heteroatoms. The Labute approximate surface area is 414 Å². The Morgan fingerprint density at radius 1 is 0.438 bits per heavy atom. The Balaban J connectivity index is 1.45. The molecule has 5 fully saturated rings. The molecule has 73 heavy (non-hydrogen) atoms. The van der Waals surface area contributed by atoms with E-state index in [1.807, 2.05) is 0 Å². The van der Waals surface area contributed by atoms with E-state index in [-0.39, 0.29) is 0 Å². The van der Waals surface area contributed by atoms with Crippen molar-refractivity contribution < 1.29 is 154 Å². The average Bonchev–Trinajstić information content (AvgIpc) is 3.36. The first-order chi connectivity index (χ1) is 34.5. The van der Waals surface area contributed by atoms with Gasteiger partial charge in [0.25, 0.3) is 0 Å². The van der Waals surface area contributed by atoms with Gasteiger partial charge < -0.3 is 155 Å². The minimum Gasteiger partial charge on any atom is -0.394 e. The van der Waals surface area contributed by atoms with Gasteiger partial charge in [-0.25, -0.2) is 0 Å². The molecule has 0 radical (unpaired) electrons. The lowest BCUT2D eigenvalue weighted by molar-refractivity contribution is -0.377. The van der Waals surface area contributed by atoms with Gasteiger partial charge >= 0.3 is 0 Å². The van der Waals surface area contributed by atoms with E-state index < -0.39 is 236 Å². The third-order valence-electron chi connectivity index (χ3n) is 12.9. The minimum absolute atomic E-state index is 0.822. The number of nitrogens with one attached hydrogen (secondary N) is 2. The first kappa shape index (κ1) is 61.6. The summed E-state index contributed by atoms with van der Waals surface area (Å²) in [6.45, 7) is -5.06. The van der Waals surface area contributed by atoms with Crippen molar-refractivity contribution in [2.24, 2.45) is 0 Å². The SMILES string of the molecule is CC(=O)N[C@H]1[C@H](OC[C@H]2O[C@@H](O[C@@H]([C@H](O)[C@@H](O)CO)[C@H](O)CO)[C@H](O)[C@@H](O[C@@H]3O[C@H](CO)[C@@H](O[C@@H]4O[C@H](CO)[C@H](O)[C@H](O)[C@H]4O)[C@H](O)[C@H]3NC(C)=O)[C@H]2O)O[C@H](CO)[C@@H](O[C@@H]2O[C@H](CO)[C@H](O)[C@H](O)[C@H]2O)[C@@H]1O. The predicted octanol–water partition coefficient (Wildman–Crippen LogP) is -14.2. The van der Waals surface area contributed by atoms with Gasteiger partial charge in [-0.15, -0.1) is 0 Å². The largest absolute Gasteiger partial charge is 0.394 e. The molecule has 33 nitrogen and oxygen atoms in total. The molecule has 21 N–H and O–H groups in total. The molecule has 0 aliphatic carbocycles. The quantitative estimate of drug-likeness (QED) is 0.0479. The van der Waals surface area contributed by atoms with Crippen molar-refractivity contribution >= 4 is 11.8 Å². The summed E-state index contributed by atoms with van der Waals surface area (Å²) in [6, 6.07) is -3.51. The van der Waals surface area contributed by atoms with E-state index in [0.29, 0.717) is 0 Å². The van der Waals surface area contributed by atoms with Gasteiger partial charge in [0.1, 0.15) is 146 Å². The monoisotopic (exact) mass is 1070 g/mol. The Kier molecular flexibility index (Phi) is 23.1. The zero-order valence-corrected chi connectivity index (χ0v) is 39.1. The van der Waals surface area contributed by atoms with E-state index in [2.05, 4.69) is 10.6 Å².